The Bertz CT molecular complexity index is 1270. The summed E-state index contributed by atoms with van der Waals surface area (Å²) in [7, 11) is -3.78. The van der Waals surface area contributed by atoms with Crippen molar-refractivity contribution in [1.29, 1.82) is 0 Å². The van der Waals surface area contributed by atoms with Crippen molar-refractivity contribution >= 4 is 26.8 Å². The van der Waals surface area contributed by atoms with E-state index in [1.54, 1.807) is 29.2 Å². The molecule has 1 fully saturated rings. The maximum Gasteiger partial charge on any atom is 0.261 e. The zero-order valence-electron chi connectivity index (χ0n) is 16.6. The lowest BCUT2D eigenvalue weighted by atomic mass is 10.2. The van der Waals surface area contributed by atoms with Gasteiger partial charge >= 0.3 is 0 Å². The van der Waals surface area contributed by atoms with Crippen LogP contribution in [0.3, 0.4) is 0 Å². The molecule has 0 unspecified atom stereocenters. The SMILES string of the molecule is O=C(Cn1cnc2ccccc2c1=O)N1CCCN(S(=O)(=O)c2ccc(F)cc2)CC1. The number of aromatic nitrogens is 2. The van der Waals surface area contributed by atoms with Crippen LogP contribution >= 0.6 is 0 Å². The van der Waals surface area contributed by atoms with Crippen molar-refractivity contribution < 1.29 is 17.6 Å². The fourth-order valence-corrected chi connectivity index (χ4v) is 5.07. The maximum absolute atomic E-state index is 13.1. The van der Waals surface area contributed by atoms with Gasteiger partial charge in [-0.25, -0.2) is 17.8 Å². The van der Waals surface area contributed by atoms with Crippen molar-refractivity contribution in [2.24, 2.45) is 0 Å². The zero-order chi connectivity index (χ0) is 22.0. The molecule has 0 atom stereocenters. The Balaban J connectivity index is 1.46. The monoisotopic (exact) mass is 444 g/mol. The fraction of sp³-hybridized carbons (Fsp3) is 0.286. The van der Waals surface area contributed by atoms with Crippen molar-refractivity contribution in [3.05, 3.63) is 71.0 Å². The van der Waals surface area contributed by atoms with Crippen LogP contribution in [0.25, 0.3) is 10.9 Å². The van der Waals surface area contributed by atoms with Gasteiger partial charge in [-0.15, -0.1) is 0 Å². The highest BCUT2D eigenvalue weighted by Crippen LogP contribution is 2.18. The standard InChI is InChI=1S/C21H21FN4O4S/c22-16-6-8-17(9-7-16)31(29,30)26-11-3-10-24(12-13-26)20(27)14-25-15-23-19-5-2-1-4-18(19)21(25)28/h1-2,4-9,15H,3,10-14H2. The van der Waals surface area contributed by atoms with Crippen LogP contribution in [0.15, 0.2) is 64.5 Å². The van der Waals surface area contributed by atoms with Crippen LogP contribution in [-0.2, 0) is 21.4 Å². The Morgan fingerprint density at radius 1 is 1.00 bits per heavy atom. The first-order valence-electron chi connectivity index (χ1n) is 9.84. The molecule has 8 nitrogen and oxygen atoms in total. The molecular weight excluding hydrogens is 423 g/mol. The topological polar surface area (TPSA) is 92.6 Å². The van der Waals surface area contributed by atoms with Gasteiger partial charge in [-0.05, 0) is 42.8 Å². The van der Waals surface area contributed by atoms with Gasteiger partial charge in [-0.2, -0.15) is 4.31 Å². The molecule has 1 aliphatic heterocycles. The minimum atomic E-state index is -3.78. The van der Waals surface area contributed by atoms with Gasteiger partial charge < -0.3 is 4.90 Å². The van der Waals surface area contributed by atoms with Gasteiger partial charge in [-0.3, -0.25) is 14.2 Å². The van der Waals surface area contributed by atoms with Gasteiger partial charge in [0.2, 0.25) is 15.9 Å². The molecule has 0 spiro atoms. The average molecular weight is 444 g/mol. The smallest absolute Gasteiger partial charge is 0.261 e. The molecule has 1 aliphatic rings. The Morgan fingerprint density at radius 3 is 2.52 bits per heavy atom. The maximum atomic E-state index is 13.1. The van der Waals surface area contributed by atoms with Gasteiger partial charge in [0, 0.05) is 26.2 Å². The molecule has 162 valence electrons. The minimum Gasteiger partial charge on any atom is -0.340 e. The Hall–Kier alpha value is -3.11. The number of fused-ring (bicyclic) bond motifs is 1. The molecule has 0 radical (unpaired) electrons. The van der Waals surface area contributed by atoms with Crippen molar-refractivity contribution in [3.8, 4) is 0 Å². The summed E-state index contributed by atoms with van der Waals surface area (Å²) in [4.78, 5) is 31.2. The Labute approximate surface area is 178 Å². The van der Waals surface area contributed by atoms with Gasteiger partial charge in [0.05, 0.1) is 22.1 Å². The van der Waals surface area contributed by atoms with E-state index in [1.165, 1.54) is 27.3 Å². The first-order chi connectivity index (χ1) is 14.9. The lowest BCUT2D eigenvalue weighted by Crippen LogP contribution is -2.40. The van der Waals surface area contributed by atoms with Crippen molar-refractivity contribution in [1.82, 2.24) is 18.8 Å². The van der Waals surface area contributed by atoms with Gasteiger partial charge in [-0.1, -0.05) is 12.1 Å². The number of hydrogen-bond donors (Lipinski definition) is 0. The van der Waals surface area contributed by atoms with E-state index in [9.17, 15) is 22.4 Å². The van der Waals surface area contributed by atoms with Gasteiger partial charge in [0.25, 0.3) is 5.56 Å². The van der Waals surface area contributed by atoms with Crippen molar-refractivity contribution in [3.63, 3.8) is 0 Å². The molecular formula is C21H21FN4O4S. The third-order valence-electron chi connectivity index (χ3n) is 5.30. The first-order valence-corrected chi connectivity index (χ1v) is 11.3. The number of amides is 1. The van der Waals surface area contributed by atoms with E-state index in [2.05, 4.69) is 4.98 Å². The molecule has 2 heterocycles. The molecule has 2 aromatic carbocycles. The van der Waals surface area contributed by atoms with Crippen LogP contribution in [0.4, 0.5) is 4.39 Å². The molecule has 1 amide bonds. The quantitative estimate of drug-likeness (QED) is 0.608. The number of carbonyl (C=O) groups excluding carboxylic acids is 1. The van der Waals surface area contributed by atoms with Crippen LogP contribution < -0.4 is 5.56 Å². The molecule has 0 saturated carbocycles. The van der Waals surface area contributed by atoms with Gasteiger partial charge in [0.1, 0.15) is 12.4 Å². The van der Waals surface area contributed by atoms with Crippen LogP contribution in [0, 0.1) is 5.82 Å². The predicted octanol–water partition coefficient (Wildman–Crippen LogP) is 1.46. The largest absolute Gasteiger partial charge is 0.340 e. The molecule has 4 rings (SSSR count). The van der Waals surface area contributed by atoms with E-state index in [-0.39, 0.29) is 42.5 Å². The van der Waals surface area contributed by atoms with E-state index in [4.69, 9.17) is 0 Å². The lowest BCUT2D eigenvalue weighted by Gasteiger charge is -2.22. The highest BCUT2D eigenvalue weighted by atomic mass is 32.2. The van der Waals surface area contributed by atoms with E-state index < -0.39 is 15.8 Å². The molecule has 3 aromatic rings. The third kappa shape index (κ3) is 4.35. The van der Waals surface area contributed by atoms with Crippen LogP contribution in [0.2, 0.25) is 0 Å². The number of benzene rings is 2. The van der Waals surface area contributed by atoms with E-state index in [0.29, 0.717) is 23.9 Å². The van der Waals surface area contributed by atoms with Crippen molar-refractivity contribution in [2.75, 3.05) is 26.2 Å². The van der Waals surface area contributed by atoms with Crippen LogP contribution in [0.1, 0.15) is 6.42 Å². The summed E-state index contributed by atoms with van der Waals surface area (Å²) in [5.74, 6) is -0.787. The number of sulfonamides is 1. The number of para-hydroxylation sites is 1. The number of nitrogens with zero attached hydrogens (tertiary/aromatic N) is 4. The first kappa shape index (κ1) is 21.1. The summed E-state index contributed by atoms with van der Waals surface area (Å²) in [5, 5.41) is 0.435. The average Bonchev–Trinajstić information content (AvgIpc) is 3.03. The third-order valence-corrected chi connectivity index (χ3v) is 7.21. The second-order valence-corrected chi connectivity index (χ2v) is 9.23. The predicted molar refractivity (Wildman–Crippen MR) is 112 cm³/mol. The summed E-state index contributed by atoms with van der Waals surface area (Å²) in [6.07, 6.45) is 1.81. The zero-order valence-corrected chi connectivity index (χ0v) is 17.5. The summed E-state index contributed by atoms with van der Waals surface area (Å²) in [5.41, 5.74) is 0.266. The summed E-state index contributed by atoms with van der Waals surface area (Å²) in [6, 6.07) is 11.6. The Morgan fingerprint density at radius 2 is 1.74 bits per heavy atom. The summed E-state index contributed by atoms with van der Waals surface area (Å²) >= 11 is 0. The van der Waals surface area contributed by atoms with E-state index >= 15 is 0 Å². The molecule has 1 saturated heterocycles. The molecule has 31 heavy (non-hydrogen) atoms. The molecule has 1 aromatic heterocycles. The van der Waals surface area contributed by atoms with E-state index in [0.717, 1.165) is 12.1 Å². The lowest BCUT2D eigenvalue weighted by molar-refractivity contribution is -0.131. The van der Waals surface area contributed by atoms with Crippen molar-refractivity contribution in [2.45, 2.75) is 17.9 Å². The fourth-order valence-electron chi connectivity index (χ4n) is 3.60. The van der Waals surface area contributed by atoms with Crippen LogP contribution in [-0.4, -0.2) is 59.3 Å². The number of carbonyl (C=O) groups is 1. The normalized spacial score (nSPS) is 15.7. The number of halogens is 1. The van der Waals surface area contributed by atoms with E-state index in [1.807, 2.05) is 0 Å². The summed E-state index contributed by atoms with van der Waals surface area (Å²) in [6.45, 7) is 0.789. The second-order valence-electron chi connectivity index (χ2n) is 7.29. The number of rotatable bonds is 4. The van der Waals surface area contributed by atoms with Crippen LogP contribution in [0.5, 0.6) is 0 Å². The second kappa shape index (κ2) is 8.56. The minimum absolute atomic E-state index is 0.0162. The molecule has 0 aliphatic carbocycles. The van der Waals surface area contributed by atoms with Gasteiger partial charge in [0.15, 0.2) is 0 Å². The summed E-state index contributed by atoms with van der Waals surface area (Å²) < 4.78 is 41.4. The molecule has 0 N–H and O–H groups in total. The number of hydrogen-bond acceptors (Lipinski definition) is 5. The highest BCUT2D eigenvalue weighted by molar-refractivity contribution is 7.89. The molecule has 0 bridgehead atoms. The molecule has 10 heteroatoms. The highest BCUT2D eigenvalue weighted by Gasteiger charge is 2.28. The Kier molecular flexibility index (Phi) is 5.84.